The molecule has 0 bridgehead atoms. The number of methoxy groups -OCH3 is 1. The van der Waals surface area contributed by atoms with Crippen molar-refractivity contribution in [3.8, 4) is 0 Å². The number of nitrogens with zero attached hydrogens (tertiary/aromatic N) is 1. The zero-order valence-electron chi connectivity index (χ0n) is 13.2. The van der Waals surface area contributed by atoms with Gasteiger partial charge in [-0.2, -0.15) is 0 Å². The zero-order valence-corrected chi connectivity index (χ0v) is 13.2. The molecule has 0 aromatic carbocycles. The Morgan fingerprint density at radius 1 is 1.42 bits per heavy atom. The molecule has 114 valence electrons. The quantitative estimate of drug-likeness (QED) is 0.696. The second kappa shape index (κ2) is 8.20. The van der Waals surface area contributed by atoms with E-state index in [0.29, 0.717) is 18.5 Å². The van der Waals surface area contributed by atoms with E-state index in [1.54, 1.807) is 7.11 Å². The van der Waals surface area contributed by atoms with Crippen molar-refractivity contribution in [3.63, 3.8) is 0 Å². The zero-order chi connectivity index (χ0) is 14.3. The summed E-state index contributed by atoms with van der Waals surface area (Å²) in [6, 6.07) is 0.573. The third-order valence-electron chi connectivity index (χ3n) is 4.80. The van der Waals surface area contributed by atoms with Gasteiger partial charge in [0, 0.05) is 44.3 Å². The molecule has 4 nitrogen and oxygen atoms in total. The van der Waals surface area contributed by atoms with Crippen LogP contribution in [0.15, 0.2) is 0 Å². The summed E-state index contributed by atoms with van der Waals surface area (Å²) in [5.41, 5.74) is 6.19. The highest BCUT2D eigenvalue weighted by molar-refractivity contribution is 4.97. The summed E-state index contributed by atoms with van der Waals surface area (Å²) >= 11 is 0. The van der Waals surface area contributed by atoms with Gasteiger partial charge >= 0.3 is 0 Å². The molecule has 1 heterocycles. The lowest BCUT2D eigenvalue weighted by atomic mass is 9.81. The molecular weight excluding hydrogens is 240 g/mol. The molecule has 0 amide bonds. The normalized spacial score (nSPS) is 23.2. The number of nitrogens with two attached hydrogens (primary N) is 1. The van der Waals surface area contributed by atoms with Crippen molar-refractivity contribution in [2.45, 2.75) is 51.6 Å². The van der Waals surface area contributed by atoms with Gasteiger partial charge in [-0.25, -0.2) is 0 Å². The largest absolute Gasteiger partial charge is 0.383 e. The van der Waals surface area contributed by atoms with Gasteiger partial charge in [0.1, 0.15) is 0 Å². The Morgan fingerprint density at radius 2 is 2.11 bits per heavy atom. The second-order valence-corrected chi connectivity index (χ2v) is 5.78. The Morgan fingerprint density at radius 3 is 2.53 bits per heavy atom. The van der Waals surface area contributed by atoms with E-state index in [4.69, 9.17) is 15.2 Å². The number of hydrogen-bond donors (Lipinski definition) is 1. The molecule has 0 aromatic heterocycles. The Kier molecular flexibility index (Phi) is 7.29. The molecule has 2 unspecified atom stereocenters. The number of rotatable bonds is 9. The van der Waals surface area contributed by atoms with Crippen LogP contribution in [0.1, 0.15) is 40.0 Å². The van der Waals surface area contributed by atoms with Crippen molar-refractivity contribution in [1.82, 2.24) is 4.90 Å². The molecule has 1 aliphatic heterocycles. The monoisotopic (exact) mass is 272 g/mol. The van der Waals surface area contributed by atoms with Crippen molar-refractivity contribution in [3.05, 3.63) is 0 Å². The first-order valence-electron chi connectivity index (χ1n) is 7.67. The first kappa shape index (κ1) is 16.9. The van der Waals surface area contributed by atoms with Crippen LogP contribution >= 0.6 is 0 Å². The maximum absolute atomic E-state index is 6.17. The predicted molar refractivity (Wildman–Crippen MR) is 79.3 cm³/mol. The third kappa shape index (κ3) is 3.91. The average molecular weight is 272 g/mol. The third-order valence-corrected chi connectivity index (χ3v) is 4.80. The fourth-order valence-electron chi connectivity index (χ4n) is 3.32. The standard InChI is InChI=1S/C15H32N2O2/c1-5-14(6-2)17(8-10-18-4)15(3,12-16)13-7-9-19-11-13/h13-14H,5-12,16H2,1-4H3. The van der Waals surface area contributed by atoms with Gasteiger partial charge in [0.25, 0.3) is 0 Å². The Bertz CT molecular complexity index is 240. The fourth-order valence-corrected chi connectivity index (χ4v) is 3.32. The van der Waals surface area contributed by atoms with Gasteiger partial charge in [0.15, 0.2) is 0 Å². The van der Waals surface area contributed by atoms with Crippen molar-refractivity contribution < 1.29 is 9.47 Å². The summed E-state index contributed by atoms with van der Waals surface area (Å²) in [6.45, 7) is 10.9. The van der Waals surface area contributed by atoms with E-state index < -0.39 is 0 Å². The topological polar surface area (TPSA) is 47.7 Å². The summed E-state index contributed by atoms with van der Waals surface area (Å²) in [5, 5.41) is 0. The highest BCUT2D eigenvalue weighted by atomic mass is 16.5. The maximum Gasteiger partial charge on any atom is 0.0590 e. The van der Waals surface area contributed by atoms with Gasteiger partial charge in [0.2, 0.25) is 0 Å². The minimum atomic E-state index is 0.0196. The molecule has 1 aliphatic rings. The molecule has 2 atom stereocenters. The lowest BCUT2D eigenvalue weighted by Crippen LogP contribution is -2.61. The predicted octanol–water partition coefficient (Wildman–Crippen LogP) is 1.88. The van der Waals surface area contributed by atoms with Crippen LogP contribution in [0, 0.1) is 5.92 Å². The molecule has 1 rings (SSSR count). The van der Waals surface area contributed by atoms with E-state index in [2.05, 4.69) is 25.7 Å². The van der Waals surface area contributed by atoms with E-state index in [1.165, 1.54) is 0 Å². The molecule has 1 saturated heterocycles. The smallest absolute Gasteiger partial charge is 0.0590 e. The SMILES string of the molecule is CCC(CC)N(CCOC)C(C)(CN)C1CCOC1. The van der Waals surface area contributed by atoms with Crippen LogP contribution in [0.3, 0.4) is 0 Å². The lowest BCUT2D eigenvalue weighted by Gasteiger charge is -2.48. The Hall–Kier alpha value is -0.160. The van der Waals surface area contributed by atoms with Gasteiger partial charge in [0.05, 0.1) is 13.2 Å². The number of ether oxygens (including phenoxy) is 2. The molecule has 0 aliphatic carbocycles. The van der Waals surface area contributed by atoms with Crippen LogP contribution in [0.2, 0.25) is 0 Å². The van der Waals surface area contributed by atoms with Crippen LogP contribution in [-0.4, -0.2) is 56.5 Å². The van der Waals surface area contributed by atoms with E-state index in [9.17, 15) is 0 Å². The highest BCUT2D eigenvalue weighted by Crippen LogP contribution is 2.33. The molecule has 2 N–H and O–H groups in total. The fraction of sp³-hybridized carbons (Fsp3) is 1.00. The summed E-state index contributed by atoms with van der Waals surface area (Å²) in [6.07, 6.45) is 3.43. The Labute approximate surface area is 118 Å². The van der Waals surface area contributed by atoms with Crippen LogP contribution in [0.25, 0.3) is 0 Å². The van der Waals surface area contributed by atoms with Gasteiger partial charge in [-0.3, -0.25) is 4.90 Å². The van der Waals surface area contributed by atoms with E-state index >= 15 is 0 Å². The van der Waals surface area contributed by atoms with E-state index in [1.807, 2.05) is 0 Å². The van der Waals surface area contributed by atoms with Crippen molar-refractivity contribution >= 4 is 0 Å². The molecule has 0 radical (unpaired) electrons. The minimum Gasteiger partial charge on any atom is -0.383 e. The molecule has 19 heavy (non-hydrogen) atoms. The van der Waals surface area contributed by atoms with Gasteiger partial charge in [-0.1, -0.05) is 13.8 Å². The van der Waals surface area contributed by atoms with Gasteiger partial charge in [-0.15, -0.1) is 0 Å². The summed E-state index contributed by atoms with van der Waals surface area (Å²) in [5.74, 6) is 0.537. The van der Waals surface area contributed by atoms with E-state index in [-0.39, 0.29) is 5.54 Å². The highest BCUT2D eigenvalue weighted by Gasteiger charge is 2.42. The maximum atomic E-state index is 6.17. The summed E-state index contributed by atoms with van der Waals surface area (Å²) < 4.78 is 10.9. The molecule has 1 fully saturated rings. The molecule has 0 spiro atoms. The van der Waals surface area contributed by atoms with Crippen molar-refractivity contribution in [1.29, 1.82) is 0 Å². The lowest BCUT2D eigenvalue weighted by molar-refractivity contribution is -0.00874. The molecule has 4 heteroatoms. The first-order chi connectivity index (χ1) is 9.13. The second-order valence-electron chi connectivity index (χ2n) is 5.78. The van der Waals surface area contributed by atoms with Crippen LogP contribution < -0.4 is 5.73 Å². The Balaban J connectivity index is 2.89. The van der Waals surface area contributed by atoms with Crippen LogP contribution in [0.4, 0.5) is 0 Å². The first-order valence-corrected chi connectivity index (χ1v) is 7.67. The molecular formula is C15H32N2O2. The summed E-state index contributed by atoms with van der Waals surface area (Å²) in [7, 11) is 1.77. The van der Waals surface area contributed by atoms with Gasteiger partial charge in [-0.05, 0) is 26.2 Å². The van der Waals surface area contributed by atoms with E-state index in [0.717, 1.165) is 45.6 Å². The van der Waals surface area contributed by atoms with Crippen LogP contribution in [-0.2, 0) is 9.47 Å². The van der Waals surface area contributed by atoms with Gasteiger partial charge < -0.3 is 15.2 Å². The minimum absolute atomic E-state index is 0.0196. The number of hydrogen-bond acceptors (Lipinski definition) is 4. The molecule has 0 saturated carbocycles. The average Bonchev–Trinajstić information content (AvgIpc) is 2.97. The molecule has 0 aromatic rings. The van der Waals surface area contributed by atoms with Crippen molar-refractivity contribution in [2.75, 3.05) is 40.0 Å². The van der Waals surface area contributed by atoms with Crippen LogP contribution in [0.5, 0.6) is 0 Å². The summed E-state index contributed by atoms with van der Waals surface area (Å²) in [4.78, 5) is 2.58. The van der Waals surface area contributed by atoms with Crippen molar-refractivity contribution in [2.24, 2.45) is 11.7 Å².